The third kappa shape index (κ3) is 6.66. The third-order valence-electron chi connectivity index (χ3n) is 6.82. The molecular formula is C33H34N2O4S. The Morgan fingerprint density at radius 1 is 1.00 bits per heavy atom. The molecule has 6 nitrogen and oxygen atoms in total. The van der Waals surface area contributed by atoms with E-state index in [1.165, 1.54) is 0 Å². The number of fused-ring (bicyclic) bond motifs is 1. The smallest absolute Gasteiger partial charge is 0.234 e. The van der Waals surface area contributed by atoms with Gasteiger partial charge in [0.15, 0.2) is 0 Å². The Morgan fingerprint density at radius 2 is 1.75 bits per heavy atom. The van der Waals surface area contributed by atoms with Gasteiger partial charge < -0.3 is 19.3 Å². The van der Waals surface area contributed by atoms with Crippen LogP contribution in [0.5, 0.6) is 0 Å². The molecule has 40 heavy (non-hydrogen) atoms. The van der Waals surface area contributed by atoms with Gasteiger partial charge in [0.1, 0.15) is 17.1 Å². The van der Waals surface area contributed by atoms with E-state index >= 15 is 0 Å². The van der Waals surface area contributed by atoms with Gasteiger partial charge in [-0.1, -0.05) is 61.5 Å². The highest BCUT2D eigenvalue weighted by molar-refractivity contribution is 8.00. The van der Waals surface area contributed by atoms with E-state index in [9.17, 15) is 9.90 Å². The summed E-state index contributed by atoms with van der Waals surface area (Å²) in [6, 6.07) is 27.2. The Labute approximate surface area is 238 Å². The average molecular weight is 555 g/mol. The lowest BCUT2D eigenvalue weighted by Gasteiger charge is -2.22. The quantitative estimate of drug-likeness (QED) is 0.175. The summed E-state index contributed by atoms with van der Waals surface area (Å²) in [4.78, 5) is 18.0. The highest BCUT2D eigenvalue weighted by atomic mass is 32.2. The van der Waals surface area contributed by atoms with Crippen molar-refractivity contribution >= 4 is 28.6 Å². The predicted molar refractivity (Wildman–Crippen MR) is 160 cm³/mol. The fourth-order valence-electron chi connectivity index (χ4n) is 4.71. The fraction of sp³-hybridized carbons (Fsp3) is 0.273. The summed E-state index contributed by atoms with van der Waals surface area (Å²) in [5.41, 5.74) is 4.55. The van der Waals surface area contributed by atoms with Crippen LogP contribution in [0, 0.1) is 6.92 Å². The van der Waals surface area contributed by atoms with Gasteiger partial charge >= 0.3 is 0 Å². The number of amides is 1. The predicted octanol–water partition coefficient (Wildman–Crippen LogP) is 6.89. The van der Waals surface area contributed by atoms with E-state index in [0.717, 1.165) is 57.0 Å². The van der Waals surface area contributed by atoms with Crippen molar-refractivity contribution in [2.24, 2.45) is 0 Å². The second kappa shape index (κ2) is 13.0. The number of hydrogen-bond acceptors (Lipinski definition) is 6. The van der Waals surface area contributed by atoms with Gasteiger partial charge in [0, 0.05) is 10.9 Å². The van der Waals surface area contributed by atoms with Crippen LogP contribution in [0.2, 0.25) is 0 Å². The van der Waals surface area contributed by atoms with Gasteiger partial charge in [0.2, 0.25) is 11.8 Å². The van der Waals surface area contributed by atoms with Crippen LogP contribution in [0.25, 0.3) is 22.4 Å². The lowest BCUT2D eigenvalue weighted by molar-refractivity contribution is -0.121. The number of aliphatic hydroxyl groups excluding tert-OH is 1. The molecule has 0 bridgehead atoms. The topological polar surface area (TPSA) is 88.5 Å². The molecule has 0 aliphatic carbocycles. The minimum Gasteiger partial charge on any atom is -0.461 e. The van der Waals surface area contributed by atoms with E-state index in [0.29, 0.717) is 18.7 Å². The second-order valence-corrected chi connectivity index (χ2v) is 11.2. The standard InChI is InChI=1S/C33H34N2O4S/c1-3-16-40-31(32(37)34-29(21-36)24-10-6-4-7-11-24)18-23-14-15-30-26(17-23)19-27(39-30)20-28-22(2)38-33(35-28)25-12-8-5-9-13-25/h4-15,17,19,29,31,36H,3,16,18,20-21H2,1-2H3,(H,34,37)/t29-,31+/m0/s1. The second-order valence-electron chi connectivity index (χ2n) is 9.87. The van der Waals surface area contributed by atoms with Gasteiger partial charge in [-0.05, 0) is 67.0 Å². The summed E-state index contributed by atoms with van der Waals surface area (Å²) >= 11 is 1.65. The summed E-state index contributed by atoms with van der Waals surface area (Å²) in [5.74, 6) is 3.01. The number of nitrogens with one attached hydrogen (secondary N) is 1. The lowest BCUT2D eigenvalue weighted by atomic mass is 10.1. The van der Waals surface area contributed by atoms with Crippen LogP contribution < -0.4 is 5.32 Å². The largest absolute Gasteiger partial charge is 0.461 e. The fourth-order valence-corrected chi connectivity index (χ4v) is 5.76. The van der Waals surface area contributed by atoms with Crippen LogP contribution in [0.3, 0.4) is 0 Å². The Balaban J connectivity index is 1.30. The molecule has 0 spiro atoms. The molecule has 2 atom stereocenters. The summed E-state index contributed by atoms with van der Waals surface area (Å²) in [6.45, 7) is 3.89. The van der Waals surface area contributed by atoms with E-state index in [4.69, 9.17) is 13.8 Å². The first kappa shape index (κ1) is 27.7. The minimum absolute atomic E-state index is 0.0648. The maximum atomic E-state index is 13.3. The molecule has 5 aromatic rings. The zero-order chi connectivity index (χ0) is 27.9. The van der Waals surface area contributed by atoms with Gasteiger partial charge in [-0.25, -0.2) is 4.98 Å². The number of carbonyl (C=O) groups excluding carboxylic acids is 1. The molecular weight excluding hydrogens is 520 g/mol. The van der Waals surface area contributed by atoms with Gasteiger partial charge in [0.05, 0.1) is 30.0 Å². The van der Waals surface area contributed by atoms with Crippen molar-refractivity contribution in [3.63, 3.8) is 0 Å². The SMILES string of the molecule is CCCS[C@H](Cc1ccc2oc(Cc3nc(-c4ccccc4)oc3C)cc2c1)C(=O)N[C@@H](CO)c1ccccc1. The summed E-state index contributed by atoms with van der Waals surface area (Å²) in [5, 5.41) is 13.7. The zero-order valence-corrected chi connectivity index (χ0v) is 23.6. The van der Waals surface area contributed by atoms with Crippen molar-refractivity contribution in [2.75, 3.05) is 12.4 Å². The van der Waals surface area contributed by atoms with Crippen LogP contribution in [-0.4, -0.2) is 33.6 Å². The molecule has 0 aliphatic heterocycles. The minimum atomic E-state index is -0.431. The number of aliphatic hydroxyl groups is 1. The first-order chi connectivity index (χ1) is 19.5. The molecule has 2 heterocycles. The van der Waals surface area contributed by atoms with Crippen molar-refractivity contribution < 1.29 is 18.7 Å². The number of hydrogen-bond donors (Lipinski definition) is 2. The number of thioether (sulfide) groups is 1. The Kier molecular flexibility index (Phi) is 9.04. The molecule has 206 valence electrons. The first-order valence-corrected chi connectivity index (χ1v) is 14.7. The number of rotatable bonds is 12. The molecule has 0 saturated carbocycles. The lowest BCUT2D eigenvalue weighted by Crippen LogP contribution is -2.38. The van der Waals surface area contributed by atoms with Crippen molar-refractivity contribution in [3.05, 3.63) is 113 Å². The van der Waals surface area contributed by atoms with Gasteiger partial charge in [0.25, 0.3) is 0 Å². The van der Waals surface area contributed by atoms with Gasteiger partial charge in [-0.15, -0.1) is 11.8 Å². The van der Waals surface area contributed by atoms with Crippen LogP contribution in [0.4, 0.5) is 0 Å². The Bertz CT molecular complexity index is 1550. The van der Waals surface area contributed by atoms with Crippen molar-refractivity contribution in [1.29, 1.82) is 0 Å². The van der Waals surface area contributed by atoms with E-state index in [2.05, 4.69) is 18.3 Å². The molecule has 0 radical (unpaired) electrons. The third-order valence-corrected chi connectivity index (χ3v) is 8.25. The maximum Gasteiger partial charge on any atom is 0.234 e. The van der Waals surface area contributed by atoms with E-state index in [1.54, 1.807) is 11.8 Å². The van der Waals surface area contributed by atoms with Gasteiger partial charge in [-0.3, -0.25) is 4.79 Å². The molecule has 2 aromatic heterocycles. The van der Waals surface area contributed by atoms with Crippen LogP contribution in [0.1, 0.15) is 47.7 Å². The molecule has 7 heteroatoms. The number of benzene rings is 3. The average Bonchev–Trinajstić information content (AvgIpc) is 3.56. The molecule has 1 amide bonds. The molecule has 5 rings (SSSR count). The van der Waals surface area contributed by atoms with E-state index in [-0.39, 0.29) is 17.8 Å². The molecule has 2 N–H and O–H groups in total. The van der Waals surface area contributed by atoms with Crippen LogP contribution in [0.15, 0.2) is 93.8 Å². The number of aromatic nitrogens is 1. The number of oxazole rings is 1. The van der Waals surface area contributed by atoms with Gasteiger partial charge in [-0.2, -0.15) is 0 Å². The summed E-state index contributed by atoms with van der Waals surface area (Å²) in [6.07, 6.45) is 2.10. The van der Waals surface area contributed by atoms with Crippen LogP contribution >= 0.6 is 11.8 Å². The zero-order valence-electron chi connectivity index (χ0n) is 22.8. The van der Waals surface area contributed by atoms with Crippen molar-refractivity contribution in [3.8, 4) is 11.5 Å². The number of aryl methyl sites for hydroxylation is 1. The normalized spacial score (nSPS) is 12.9. The Morgan fingerprint density at radius 3 is 2.48 bits per heavy atom. The number of furan rings is 1. The first-order valence-electron chi connectivity index (χ1n) is 13.6. The number of carbonyl (C=O) groups is 1. The molecule has 3 aromatic carbocycles. The van der Waals surface area contributed by atoms with Crippen molar-refractivity contribution in [2.45, 2.75) is 44.4 Å². The van der Waals surface area contributed by atoms with Crippen molar-refractivity contribution in [1.82, 2.24) is 10.3 Å². The molecule has 0 aliphatic rings. The molecule has 0 fully saturated rings. The van der Waals surface area contributed by atoms with Crippen LogP contribution in [-0.2, 0) is 17.6 Å². The highest BCUT2D eigenvalue weighted by Gasteiger charge is 2.23. The molecule has 0 saturated heterocycles. The van der Waals surface area contributed by atoms with E-state index in [1.807, 2.05) is 85.8 Å². The summed E-state index contributed by atoms with van der Waals surface area (Å²) in [7, 11) is 0. The molecule has 0 unspecified atom stereocenters. The van der Waals surface area contributed by atoms with E-state index < -0.39 is 6.04 Å². The maximum absolute atomic E-state index is 13.3. The Hall–Kier alpha value is -3.81. The monoisotopic (exact) mass is 554 g/mol. The summed E-state index contributed by atoms with van der Waals surface area (Å²) < 4.78 is 12.1. The number of nitrogens with zero attached hydrogens (tertiary/aromatic N) is 1. The highest BCUT2D eigenvalue weighted by Crippen LogP contribution is 2.28.